The van der Waals surface area contributed by atoms with E-state index in [2.05, 4.69) is 28.8 Å². The number of para-hydroxylation sites is 1. The molecule has 0 fully saturated rings. The van der Waals surface area contributed by atoms with Crippen molar-refractivity contribution in [1.82, 2.24) is 4.57 Å². The minimum absolute atomic E-state index is 0.483. The Hall–Kier alpha value is -2.16. The lowest BCUT2D eigenvalue weighted by atomic mass is 10.1. The topological polar surface area (TPSA) is 34.4 Å². The number of rotatable bonds is 2. The Labute approximate surface area is 98.6 Å². The first kappa shape index (κ1) is 10.0. The van der Waals surface area contributed by atoms with Gasteiger partial charge in [-0.15, -0.1) is 4.91 Å². The molecular weight excluding hydrogens is 212 g/mol. The van der Waals surface area contributed by atoms with Gasteiger partial charge >= 0.3 is 0 Å². The molecule has 0 bridgehead atoms. The van der Waals surface area contributed by atoms with Gasteiger partial charge in [0.2, 0.25) is 0 Å². The van der Waals surface area contributed by atoms with Crippen molar-refractivity contribution in [3.8, 4) is 0 Å². The summed E-state index contributed by atoms with van der Waals surface area (Å²) in [6.45, 7) is 3.04. The maximum Gasteiger partial charge on any atom is 0.108 e. The van der Waals surface area contributed by atoms with Crippen LogP contribution in [0.15, 0.2) is 47.6 Å². The highest BCUT2D eigenvalue weighted by Crippen LogP contribution is 2.31. The van der Waals surface area contributed by atoms with Crippen LogP contribution in [0.4, 0.5) is 5.69 Å². The molecule has 0 unspecified atom stereocenters. The Morgan fingerprint density at radius 3 is 2.59 bits per heavy atom. The molecule has 0 amide bonds. The predicted molar refractivity (Wildman–Crippen MR) is 70.6 cm³/mol. The number of nitroso groups, excluding NO2 is 1. The van der Waals surface area contributed by atoms with E-state index in [0.717, 1.165) is 17.4 Å². The van der Waals surface area contributed by atoms with Crippen LogP contribution in [0.5, 0.6) is 0 Å². The van der Waals surface area contributed by atoms with Crippen LogP contribution in [-0.2, 0) is 6.54 Å². The zero-order chi connectivity index (χ0) is 11.8. The fourth-order valence-electron chi connectivity index (χ4n) is 2.44. The molecule has 0 saturated heterocycles. The average molecular weight is 224 g/mol. The van der Waals surface area contributed by atoms with Gasteiger partial charge in [0.05, 0.1) is 0 Å². The molecule has 3 aromatic rings. The number of hydrogen-bond donors (Lipinski definition) is 0. The van der Waals surface area contributed by atoms with E-state index in [1.807, 2.05) is 24.3 Å². The standard InChI is InChI=1S/C14H12N2O/c1-2-16-13-6-4-3-5-11(13)12-9-10(15-17)7-8-14(12)16/h3-9H,2H2,1H3. The van der Waals surface area contributed by atoms with Gasteiger partial charge in [-0.05, 0) is 36.4 Å². The van der Waals surface area contributed by atoms with Gasteiger partial charge in [-0.25, -0.2) is 0 Å². The van der Waals surface area contributed by atoms with Crippen molar-refractivity contribution in [3.05, 3.63) is 47.4 Å². The van der Waals surface area contributed by atoms with Gasteiger partial charge in [0.25, 0.3) is 0 Å². The van der Waals surface area contributed by atoms with Crippen molar-refractivity contribution in [2.75, 3.05) is 0 Å². The highest BCUT2D eigenvalue weighted by atomic mass is 16.3. The molecule has 17 heavy (non-hydrogen) atoms. The highest BCUT2D eigenvalue weighted by molar-refractivity contribution is 6.08. The van der Waals surface area contributed by atoms with Crippen LogP contribution in [0, 0.1) is 4.91 Å². The van der Waals surface area contributed by atoms with E-state index < -0.39 is 0 Å². The smallest absolute Gasteiger partial charge is 0.108 e. The molecule has 0 N–H and O–H groups in total. The number of aromatic nitrogens is 1. The Bertz CT molecular complexity index is 713. The Balaban J connectivity index is 2.53. The third-order valence-corrected chi connectivity index (χ3v) is 3.18. The molecule has 3 rings (SSSR count). The van der Waals surface area contributed by atoms with E-state index in [-0.39, 0.29) is 0 Å². The second-order valence-corrected chi connectivity index (χ2v) is 4.05. The quantitative estimate of drug-likeness (QED) is 0.600. The zero-order valence-electron chi connectivity index (χ0n) is 9.55. The Morgan fingerprint density at radius 2 is 1.82 bits per heavy atom. The third kappa shape index (κ3) is 1.35. The van der Waals surface area contributed by atoms with Crippen molar-refractivity contribution in [2.24, 2.45) is 5.18 Å². The lowest BCUT2D eigenvalue weighted by Gasteiger charge is -2.01. The van der Waals surface area contributed by atoms with Crippen LogP contribution in [0.1, 0.15) is 6.92 Å². The fraction of sp³-hybridized carbons (Fsp3) is 0.143. The molecule has 0 aliphatic carbocycles. The van der Waals surface area contributed by atoms with Crippen molar-refractivity contribution in [3.63, 3.8) is 0 Å². The monoisotopic (exact) mass is 224 g/mol. The van der Waals surface area contributed by atoms with Crippen LogP contribution in [0.25, 0.3) is 21.8 Å². The van der Waals surface area contributed by atoms with E-state index in [0.29, 0.717) is 5.69 Å². The minimum Gasteiger partial charge on any atom is -0.341 e. The van der Waals surface area contributed by atoms with E-state index in [4.69, 9.17) is 0 Å². The van der Waals surface area contributed by atoms with Gasteiger partial charge in [0.15, 0.2) is 0 Å². The highest BCUT2D eigenvalue weighted by Gasteiger charge is 2.09. The number of benzene rings is 2. The minimum atomic E-state index is 0.483. The molecular formula is C14H12N2O. The number of nitrogens with zero attached hydrogens (tertiary/aromatic N) is 2. The van der Waals surface area contributed by atoms with E-state index in [1.165, 1.54) is 10.9 Å². The first-order valence-corrected chi connectivity index (χ1v) is 5.69. The number of hydrogen-bond acceptors (Lipinski definition) is 2. The first-order valence-electron chi connectivity index (χ1n) is 5.69. The van der Waals surface area contributed by atoms with E-state index >= 15 is 0 Å². The number of fused-ring (bicyclic) bond motifs is 3. The SMILES string of the molecule is CCn1c2ccccc2c2cc(N=O)ccc21. The van der Waals surface area contributed by atoms with Crippen LogP contribution in [0.2, 0.25) is 0 Å². The molecule has 1 aromatic heterocycles. The summed E-state index contributed by atoms with van der Waals surface area (Å²) in [6, 6.07) is 13.8. The molecule has 0 aliphatic rings. The van der Waals surface area contributed by atoms with Gasteiger partial charge in [0.1, 0.15) is 5.69 Å². The molecule has 0 saturated carbocycles. The summed E-state index contributed by atoms with van der Waals surface area (Å²) in [6.07, 6.45) is 0. The van der Waals surface area contributed by atoms with E-state index in [1.54, 1.807) is 6.07 Å². The largest absolute Gasteiger partial charge is 0.341 e. The van der Waals surface area contributed by atoms with Crippen LogP contribution < -0.4 is 0 Å². The second kappa shape index (κ2) is 3.70. The predicted octanol–water partition coefficient (Wildman–Crippen LogP) is 4.21. The number of aryl methyl sites for hydroxylation is 1. The van der Waals surface area contributed by atoms with Gasteiger partial charge in [-0.1, -0.05) is 18.2 Å². The molecule has 0 atom stereocenters. The van der Waals surface area contributed by atoms with Crippen molar-refractivity contribution in [1.29, 1.82) is 0 Å². The molecule has 2 aromatic carbocycles. The second-order valence-electron chi connectivity index (χ2n) is 4.05. The maximum atomic E-state index is 10.6. The van der Waals surface area contributed by atoms with E-state index in [9.17, 15) is 4.91 Å². The van der Waals surface area contributed by atoms with Crippen molar-refractivity contribution < 1.29 is 0 Å². The third-order valence-electron chi connectivity index (χ3n) is 3.18. The molecule has 3 heteroatoms. The van der Waals surface area contributed by atoms with Crippen molar-refractivity contribution in [2.45, 2.75) is 13.5 Å². The van der Waals surface area contributed by atoms with Crippen LogP contribution in [0.3, 0.4) is 0 Å². The molecule has 0 radical (unpaired) electrons. The summed E-state index contributed by atoms with van der Waals surface area (Å²) in [5, 5.41) is 5.28. The van der Waals surface area contributed by atoms with Crippen LogP contribution in [-0.4, -0.2) is 4.57 Å². The fourth-order valence-corrected chi connectivity index (χ4v) is 2.44. The van der Waals surface area contributed by atoms with Gasteiger partial charge in [0, 0.05) is 28.4 Å². The van der Waals surface area contributed by atoms with Gasteiger partial charge < -0.3 is 4.57 Å². The summed E-state index contributed by atoms with van der Waals surface area (Å²) in [5.41, 5.74) is 2.84. The summed E-state index contributed by atoms with van der Waals surface area (Å²) < 4.78 is 2.25. The normalized spacial score (nSPS) is 11.1. The summed E-state index contributed by atoms with van der Waals surface area (Å²) in [4.78, 5) is 10.6. The molecule has 3 nitrogen and oxygen atoms in total. The summed E-state index contributed by atoms with van der Waals surface area (Å²) >= 11 is 0. The lowest BCUT2D eigenvalue weighted by Crippen LogP contribution is -1.92. The Kier molecular flexibility index (Phi) is 2.18. The van der Waals surface area contributed by atoms with Gasteiger partial charge in [-0.2, -0.15) is 0 Å². The van der Waals surface area contributed by atoms with Crippen LogP contribution >= 0.6 is 0 Å². The van der Waals surface area contributed by atoms with Gasteiger partial charge in [-0.3, -0.25) is 0 Å². The summed E-state index contributed by atoms with van der Waals surface area (Å²) in [7, 11) is 0. The zero-order valence-corrected chi connectivity index (χ0v) is 9.55. The molecule has 0 aliphatic heterocycles. The molecule has 84 valence electrons. The average Bonchev–Trinajstić information content (AvgIpc) is 2.71. The molecule has 1 heterocycles. The van der Waals surface area contributed by atoms with Crippen molar-refractivity contribution >= 4 is 27.5 Å². The molecule has 0 spiro atoms. The maximum absolute atomic E-state index is 10.6. The lowest BCUT2D eigenvalue weighted by molar-refractivity contribution is 0.827. The first-order chi connectivity index (χ1) is 8.35. The summed E-state index contributed by atoms with van der Waals surface area (Å²) in [5.74, 6) is 0. The Morgan fingerprint density at radius 1 is 1.06 bits per heavy atom.